The van der Waals surface area contributed by atoms with Gasteiger partial charge in [0.15, 0.2) is 8.24 Å². The minimum atomic E-state index is -2.04. The molecule has 0 saturated heterocycles. The maximum absolute atomic E-state index is 6.00. The maximum Gasteiger partial charge on any atom is 0.235 e. The van der Waals surface area contributed by atoms with Crippen molar-refractivity contribution in [1.29, 1.82) is 0 Å². The molecule has 7 heteroatoms. The molecule has 0 unspecified atom stereocenters. The average Bonchev–Trinajstić information content (AvgIpc) is 1.98. The van der Waals surface area contributed by atoms with Crippen molar-refractivity contribution < 1.29 is 4.62 Å². The van der Waals surface area contributed by atoms with Gasteiger partial charge >= 0.3 is 0 Å². The van der Waals surface area contributed by atoms with Crippen molar-refractivity contribution in [3.05, 3.63) is 0 Å². The summed E-state index contributed by atoms with van der Waals surface area (Å²) < 4.78 is 15.2. The van der Waals surface area contributed by atoms with E-state index >= 15 is 0 Å². The molecule has 0 N–H and O–H groups in total. The summed E-state index contributed by atoms with van der Waals surface area (Å²) >= 11 is 0. The Kier molecular flexibility index (Phi) is 5.86. The lowest BCUT2D eigenvalue weighted by molar-refractivity contribution is -0.00752. The van der Waals surface area contributed by atoms with E-state index in [4.69, 9.17) is 9.04 Å². The van der Waals surface area contributed by atoms with Crippen molar-refractivity contribution in [2.24, 2.45) is 4.41 Å². The Morgan fingerprint density at radius 2 is 1.25 bits per heavy atom. The van der Waals surface area contributed by atoms with E-state index in [0.29, 0.717) is 0 Å². The van der Waals surface area contributed by atoms with Gasteiger partial charge in [0.05, 0.1) is 0 Å². The zero-order valence-electron chi connectivity index (χ0n) is 12.1. The van der Waals surface area contributed by atoms with Crippen LogP contribution in [0.5, 0.6) is 0 Å². The summed E-state index contributed by atoms with van der Waals surface area (Å²) in [5.41, 5.74) is 0. The van der Waals surface area contributed by atoms with Crippen LogP contribution in [0.1, 0.15) is 0 Å². The van der Waals surface area contributed by atoms with Gasteiger partial charge < -0.3 is 0 Å². The predicted molar refractivity (Wildman–Crippen MR) is 74.8 cm³/mol. The Bertz CT molecular complexity index is 261. The highest BCUT2D eigenvalue weighted by atomic mass is 31.2. The number of hydroxylamine groups is 2. The van der Waals surface area contributed by atoms with E-state index in [0.717, 1.165) is 0 Å². The molecule has 0 amide bonds. The first-order valence-electron chi connectivity index (χ1n) is 5.37. The van der Waals surface area contributed by atoms with Crippen molar-refractivity contribution in [2.45, 2.75) is 19.6 Å². The second-order valence-corrected chi connectivity index (χ2v) is 13.3. The summed E-state index contributed by atoms with van der Waals surface area (Å²) in [7, 11) is 8.34. The molecule has 0 aromatic carbocycles. The van der Waals surface area contributed by atoms with E-state index in [9.17, 15) is 0 Å². The van der Waals surface area contributed by atoms with E-state index in [2.05, 4.69) is 29.0 Å². The lowest BCUT2D eigenvalue weighted by Gasteiger charge is -2.38. The molecular weight excluding hydrogens is 239 g/mol. The molecule has 98 valence electrons. The largest absolute Gasteiger partial charge is 0.289 e. The molecule has 0 aliphatic rings. The Balaban J connectivity index is 5.54. The lowest BCUT2D eigenvalue weighted by Crippen LogP contribution is -2.30. The second-order valence-electron chi connectivity index (χ2n) is 5.37. The molecule has 0 heterocycles. The minimum absolute atomic E-state index is 1.55. The van der Waals surface area contributed by atoms with Gasteiger partial charge in [0, 0.05) is 14.1 Å². The van der Waals surface area contributed by atoms with E-state index in [1.54, 1.807) is 5.06 Å². The Labute approximate surface area is 102 Å². The number of hydrogen-bond donors (Lipinski definition) is 0. The normalized spacial score (nSPS) is 14.0. The van der Waals surface area contributed by atoms with Gasteiger partial charge in [-0.2, -0.15) is 5.06 Å². The summed E-state index contributed by atoms with van der Waals surface area (Å²) in [5.74, 6) is 0. The summed E-state index contributed by atoms with van der Waals surface area (Å²) in [5, 5.41) is 1.75. The molecule has 0 spiro atoms. The number of rotatable bonds is 5. The third kappa shape index (κ3) is 4.65. The third-order valence-electron chi connectivity index (χ3n) is 1.75. The zero-order chi connectivity index (χ0) is 13.1. The fourth-order valence-corrected chi connectivity index (χ4v) is 7.46. The summed E-state index contributed by atoms with van der Waals surface area (Å²) in [6, 6.07) is 0. The van der Waals surface area contributed by atoms with Gasteiger partial charge in [-0.05, 0) is 47.8 Å². The van der Waals surface area contributed by atoms with Gasteiger partial charge in [-0.1, -0.05) is 0 Å². The molecule has 0 fully saturated rings. The third-order valence-corrected chi connectivity index (χ3v) is 7.82. The summed E-state index contributed by atoms with van der Waals surface area (Å²) in [6.45, 7) is 6.69. The van der Waals surface area contributed by atoms with Crippen molar-refractivity contribution in [3.63, 3.8) is 0 Å². The fourth-order valence-electron chi connectivity index (χ4n) is 1.31. The van der Waals surface area contributed by atoms with Gasteiger partial charge in [0.1, 0.15) is 0 Å². The Morgan fingerprint density at radius 3 is 1.44 bits per heavy atom. The highest BCUT2D eigenvalue weighted by Crippen LogP contribution is 2.55. The first-order valence-corrected chi connectivity index (χ1v) is 10.4. The van der Waals surface area contributed by atoms with Gasteiger partial charge in [-0.15, -0.1) is 0 Å². The first kappa shape index (κ1) is 16.3. The van der Waals surface area contributed by atoms with Crippen LogP contribution in [0, 0.1) is 0 Å². The Hall–Kier alpha value is 0.287. The van der Waals surface area contributed by atoms with Crippen LogP contribution in [-0.2, 0) is 4.62 Å². The second kappa shape index (κ2) is 5.75. The van der Waals surface area contributed by atoms with Crippen LogP contribution in [0.2, 0.25) is 19.6 Å². The summed E-state index contributed by atoms with van der Waals surface area (Å²) in [4.78, 5) is 0. The quantitative estimate of drug-likeness (QED) is 0.434. The SMILES string of the molecule is CN(C)OP(=N[Si](C)(C)C)(N(C)C)N(C)C. The van der Waals surface area contributed by atoms with Crippen LogP contribution in [0.25, 0.3) is 0 Å². The maximum atomic E-state index is 6.00. The number of nitrogens with zero attached hydrogens (tertiary/aromatic N) is 4. The fraction of sp³-hybridized carbons (Fsp3) is 1.00. The first-order chi connectivity index (χ1) is 7.01. The van der Waals surface area contributed by atoms with E-state index < -0.39 is 15.8 Å². The van der Waals surface area contributed by atoms with Crippen molar-refractivity contribution in [2.75, 3.05) is 42.3 Å². The standard InChI is InChI=1S/C9H27N4OPSi/c1-11(2)14-15(12(3)4,13(5)6)10-16(7,8)9/h1-9H3. The smallest absolute Gasteiger partial charge is 0.235 e. The van der Waals surface area contributed by atoms with Crippen molar-refractivity contribution >= 4 is 15.8 Å². The van der Waals surface area contributed by atoms with Crippen molar-refractivity contribution in [3.8, 4) is 0 Å². The molecule has 0 bridgehead atoms. The van der Waals surface area contributed by atoms with E-state index in [-0.39, 0.29) is 0 Å². The van der Waals surface area contributed by atoms with Crippen LogP contribution in [0.4, 0.5) is 0 Å². The molecule has 16 heavy (non-hydrogen) atoms. The van der Waals surface area contributed by atoms with Crippen LogP contribution in [0.15, 0.2) is 4.41 Å². The molecule has 5 nitrogen and oxygen atoms in total. The number of hydrogen-bond acceptors (Lipinski definition) is 3. The monoisotopic (exact) mass is 266 g/mol. The van der Waals surface area contributed by atoms with Gasteiger partial charge in [0.2, 0.25) is 7.58 Å². The molecule has 0 aromatic heterocycles. The molecule has 0 atom stereocenters. The predicted octanol–water partition coefficient (Wildman–Crippen LogP) is 2.38. The van der Waals surface area contributed by atoms with Crippen LogP contribution >= 0.6 is 7.58 Å². The average molecular weight is 266 g/mol. The van der Waals surface area contributed by atoms with Crippen LogP contribution in [-0.4, -0.2) is 64.9 Å². The molecule has 0 aliphatic carbocycles. The highest BCUT2D eigenvalue weighted by molar-refractivity contribution is 7.57. The molecule has 0 aliphatic heterocycles. The molecule has 0 radical (unpaired) electrons. The Morgan fingerprint density at radius 1 is 0.875 bits per heavy atom. The summed E-state index contributed by atoms with van der Waals surface area (Å²) in [6.07, 6.45) is 0. The van der Waals surface area contributed by atoms with Gasteiger partial charge in [-0.25, -0.2) is 14.0 Å². The van der Waals surface area contributed by atoms with Crippen LogP contribution in [0.3, 0.4) is 0 Å². The topological polar surface area (TPSA) is 31.3 Å². The zero-order valence-corrected chi connectivity index (χ0v) is 14.0. The molecular formula is C9H27N4OPSi. The molecule has 0 saturated carbocycles. The minimum Gasteiger partial charge on any atom is -0.289 e. The molecule has 0 rings (SSSR count). The van der Waals surface area contributed by atoms with Crippen molar-refractivity contribution in [1.82, 2.24) is 14.4 Å². The van der Waals surface area contributed by atoms with Crippen LogP contribution < -0.4 is 0 Å². The molecule has 0 aromatic rings. The van der Waals surface area contributed by atoms with Gasteiger partial charge in [0.25, 0.3) is 0 Å². The highest BCUT2D eigenvalue weighted by Gasteiger charge is 2.31. The van der Waals surface area contributed by atoms with Gasteiger partial charge in [-0.3, -0.25) is 4.41 Å². The van der Waals surface area contributed by atoms with E-state index in [1.807, 2.05) is 42.3 Å². The van der Waals surface area contributed by atoms with E-state index in [1.165, 1.54) is 0 Å². The lowest BCUT2D eigenvalue weighted by atomic mass is 11.2.